The van der Waals surface area contributed by atoms with E-state index in [4.69, 9.17) is 9.72 Å². The zero-order chi connectivity index (χ0) is 27.0. The van der Waals surface area contributed by atoms with Gasteiger partial charge in [0, 0.05) is 24.3 Å². The molecule has 9 nitrogen and oxygen atoms in total. The number of aryl methyl sites for hydroxylation is 3. The van der Waals surface area contributed by atoms with E-state index in [9.17, 15) is 18.0 Å². The van der Waals surface area contributed by atoms with Crippen molar-refractivity contribution >= 4 is 27.7 Å². The summed E-state index contributed by atoms with van der Waals surface area (Å²) in [6.07, 6.45) is 3.74. The van der Waals surface area contributed by atoms with Crippen molar-refractivity contribution < 1.29 is 22.7 Å². The molecule has 200 valence electrons. The van der Waals surface area contributed by atoms with Crippen LogP contribution in [0.15, 0.2) is 71.6 Å². The van der Waals surface area contributed by atoms with Crippen LogP contribution in [0.3, 0.4) is 0 Å². The van der Waals surface area contributed by atoms with Gasteiger partial charge in [-0.15, -0.1) is 0 Å². The minimum atomic E-state index is -3.99. The predicted octanol–water partition coefficient (Wildman–Crippen LogP) is 2.86. The predicted molar refractivity (Wildman–Crippen MR) is 144 cm³/mol. The number of rotatable bonds is 11. The molecular formula is C28H32N4O5S. The van der Waals surface area contributed by atoms with Crippen molar-refractivity contribution in [1.82, 2.24) is 15.0 Å². The number of carbonyl (C=O) groups excluding carboxylic acids is 2. The van der Waals surface area contributed by atoms with E-state index in [1.807, 2.05) is 12.1 Å². The van der Waals surface area contributed by atoms with Gasteiger partial charge in [-0.05, 0) is 74.1 Å². The molecule has 2 aromatic carbocycles. The molecule has 0 aliphatic carbocycles. The van der Waals surface area contributed by atoms with E-state index in [0.29, 0.717) is 5.56 Å². The van der Waals surface area contributed by atoms with Crippen molar-refractivity contribution in [3.05, 3.63) is 89.1 Å². The Bertz CT molecular complexity index is 1360. The van der Waals surface area contributed by atoms with Crippen LogP contribution in [-0.4, -0.2) is 51.0 Å². The molecule has 3 aromatic rings. The molecule has 1 atom stereocenters. The van der Waals surface area contributed by atoms with Crippen molar-refractivity contribution in [3.63, 3.8) is 0 Å². The second kappa shape index (κ2) is 12.7. The smallest absolute Gasteiger partial charge is 0.326 e. The molecular weight excluding hydrogens is 504 g/mol. The molecule has 1 amide bonds. The molecule has 4 rings (SSSR count). The van der Waals surface area contributed by atoms with Gasteiger partial charge >= 0.3 is 5.97 Å². The Morgan fingerprint density at radius 3 is 2.53 bits per heavy atom. The molecule has 0 saturated heterocycles. The molecule has 0 saturated carbocycles. The summed E-state index contributed by atoms with van der Waals surface area (Å²) in [5.74, 6) is -0.214. The Balaban J connectivity index is 1.34. The van der Waals surface area contributed by atoms with Gasteiger partial charge in [-0.2, -0.15) is 4.72 Å². The van der Waals surface area contributed by atoms with E-state index < -0.39 is 27.9 Å². The van der Waals surface area contributed by atoms with E-state index in [1.165, 1.54) is 17.7 Å². The standard InChI is InChI=1S/C28H32N4O5S/c1-2-37-28(34)25(32-38(35,36)24-8-4-3-5-9-24)19-30-27(33)22-13-10-20(11-14-22)12-16-23-17-15-21-7-6-18-29-26(21)31-23/h3-5,8-11,13-15,17,25,32H,2,6-7,12,16,18-19H2,1H3,(H,29,31)(H,30,33)/t25-/m0/s1. The summed E-state index contributed by atoms with van der Waals surface area (Å²) in [5.41, 5.74) is 3.74. The number of nitrogens with one attached hydrogen (secondary N) is 3. The normalized spacial score (nSPS) is 13.6. The first-order valence-corrected chi connectivity index (χ1v) is 14.2. The highest BCUT2D eigenvalue weighted by Gasteiger charge is 2.27. The van der Waals surface area contributed by atoms with Crippen LogP contribution in [0.25, 0.3) is 0 Å². The maximum Gasteiger partial charge on any atom is 0.326 e. The summed E-state index contributed by atoms with van der Waals surface area (Å²) in [6.45, 7) is 2.39. The van der Waals surface area contributed by atoms with Crippen LogP contribution in [-0.2, 0) is 38.8 Å². The van der Waals surface area contributed by atoms with Gasteiger partial charge in [0.15, 0.2) is 0 Å². The number of benzene rings is 2. The number of amides is 1. The van der Waals surface area contributed by atoms with Crippen LogP contribution < -0.4 is 15.4 Å². The number of hydrogen-bond acceptors (Lipinski definition) is 7. The average Bonchev–Trinajstić information content (AvgIpc) is 2.94. The van der Waals surface area contributed by atoms with Gasteiger partial charge in [0.05, 0.1) is 11.5 Å². The summed E-state index contributed by atoms with van der Waals surface area (Å²) < 4.78 is 32.7. The SMILES string of the molecule is CCOC(=O)[C@H](CNC(=O)c1ccc(CCc2ccc3c(n2)NCCC3)cc1)NS(=O)(=O)c1ccccc1. The lowest BCUT2D eigenvalue weighted by Crippen LogP contribution is -2.49. The van der Waals surface area contributed by atoms with E-state index in [2.05, 4.69) is 27.5 Å². The molecule has 3 N–H and O–H groups in total. The number of sulfonamides is 1. The summed E-state index contributed by atoms with van der Waals surface area (Å²) >= 11 is 0. The summed E-state index contributed by atoms with van der Waals surface area (Å²) in [4.78, 5) is 29.9. The first-order chi connectivity index (χ1) is 18.4. The van der Waals surface area contributed by atoms with Gasteiger partial charge < -0.3 is 15.4 Å². The quantitative estimate of drug-likeness (QED) is 0.322. The molecule has 0 unspecified atom stereocenters. The monoisotopic (exact) mass is 536 g/mol. The second-order valence-corrected chi connectivity index (χ2v) is 10.7. The maximum atomic E-state index is 12.7. The number of fused-ring (bicyclic) bond motifs is 1. The zero-order valence-electron chi connectivity index (χ0n) is 21.3. The molecule has 1 aromatic heterocycles. The number of ether oxygens (including phenoxy) is 1. The molecule has 0 fully saturated rings. The van der Waals surface area contributed by atoms with Crippen LogP contribution in [0.5, 0.6) is 0 Å². The van der Waals surface area contributed by atoms with Gasteiger partial charge in [-0.25, -0.2) is 13.4 Å². The Kier molecular flexibility index (Phi) is 9.09. The number of hydrogen-bond donors (Lipinski definition) is 3. The van der Waals surface area contributed by atoms with Gasteiger partial charge in [0.25, 0.3) is 5.91 Å². The van der Waals surface area contributed by atoms with E-state index in [1.54, 1.807) is 37.3 Å². The highest BCUT2D eigenvalue weighted by Crippen LogP contribution is 2.20. The Hall–Kier alpha value is -3.76. The molecule has 0 radical (unpaired) electrons. The number of esters is 1. The number of nitrogens with zero attached hydrogens (tertiary/aromatic N) is 1. The van der Waals surface area contributed by atoms with Crippen LogP contribution in [0, 0.1) is 0 Å². The fraction of sp³-hybridized carbons (Fsp3) is 0.321. The van der Waals surface area contributed by atoms with E-state index in [0.717, 1.165) is 49.3 Å². The summed E-state index contributed by atoms with van der Waals surface area (Å²) in [7, 11) is -3.99. The third-order valence-electron chi connectivity index (χ3n) is 6.23. The minimum Gasteiger partial charge on any atom is -0.465 e. The van der Waals surface area contributed by atoms with Crippen LogP contribution in [0.4, 0.5) is 5.82 Å². The number of pyridine rings is 1. The largest absolute Gasteiger partial charge is 0.465 e. The zero-order valence-corrected chi connectivity index (χ0v) is 22.1. The molecule has 0 bridgehead atoms. The minimum absolute atomic E-state index is 0.0121. The first-order valence-electron chi connectivity index (χ1n) is 12.7. The van der Waals surface area contributed by atoms with Crippen LogP contribution in [0.1, 0.15) is 40.5 Å². The molecule has 1 aliphatic rings. The number of aromatic nitrogens is 1. The lowest BCUT2D eigenvalue weighted by atomic mass is 10.0. The van der Waals surface area contributed by atoms with Crippen molar-refractivity contribution in [2.45, 2.75) is 43.5 Å². The number of carbonyl (C=O) groups is 2. The fourth-order valence-electron chi connectivity index (χ4n) is 4.17. The molecule has 10 heteroatoms. The fourth-order valence-corrected chi connectivity index (χ4v) is 5.38. The lowest BCUT2D eigenvalue weighted by molar-refractivity contribution is -0.144. The number of anilines is 1. The molecule has 0 spiro atoms. The van der Waals surface area contributed by atoms with Gasteiger partial charge in [0.1, 0.15) is 11.9 Å². The average molecular weight is 537 g/mol. The van der Waals surface area contributed by atoms with E-state index in [-0.39, 0.29) is 18.0 Å². The topological polar surface area (TPSA) is 126 Å². The van der Waals surface area contributed by atoms with Gasteiger partial charge in [0.2, 0.25) is 10.0 Å². The Labute approximate surface area is 223 Å². The maximum absolute atomic E-state index is 12.7. The second-order valence-electron chi connectivity index (χ2n) is 8.99. The van der Waals surface area contributed by atoms with Crippen molar-refractivity contribution in [1.29, 1.82) is 0 Å². The van der Waals surface area contributed by atoms with Crippen molar-refractivity contribution in [2.24, 2.45) is 0 Å². The Morgan fingerprint density at radius 2 is 1.79 bits per heavy atom. The molecule has 2 heterocycles. The third kappa shape index (κ3) is 7.17. The summed E-state index contributed by atoms with van der Waals surface area (Å²) in [5, 5.41) is 5.99. The highest BCUT2D eigenvalue weighted by atomic mass is 32.2. The van der Waals surface area contributed by atoms with Gasteiger partial charge in [-0.3, -0.25) is 9.59 Å². The van der Waals surface area contributed by atoms with Gasteiger partial charge in [-0.1, -0.05) is 36.4 Å². The van der Waals surface area contributed by atoms with Crippen LogP contribution in [0.2, 0.25) is 0 Å². The van der Waals surface area contributed by atoms with Crippen LogP contribution >= 0.6 is 0 Å². The lowest BCUT2D eigenvalue weighted by Gasteiger charge is -2.18. The third-order valence-corrected chi connectivity index (χ3v) is 7.71. The van der Waals surface area contributed by atoms with Crippen molar-refractivity contribution in [2.75, 3.05) is 25.0 Å². The molecule has 1 aliphatic heterocycles. The first kappa shape index (κ1) is 27.3. The summed E-state index contributed by atoms with van der Waals surface area (Å²) in [6, 6.07) is 17.8. The Morgan fingerprint density at radius 1 is 1.03 bits per heavy atom. The molecule has 38 heavy (non-hydrogen) atoms. The highest BCUT2D eigenvalue weighted by molar-refractivity contribution is 7.89. The van der Waals surface area contributed by atoms with E-state index >= 15 is 0 Å². The van der Waals surface area contributed by atoms with Crippen molar-refractivity contribution in [3.8, 4) is 0 Å².